The van der Waals surface area contributed by atoms with Crippen molar-refractivity contribution in [2.45, 2.75) is 20.1 Å². The molecule has 0 fully saturated rings. The molecule has 0 atom stereocenters. The highest BCUT2D eigenvalue weighted by Gasteiger charge is 2.20. The van der Waals surface area contributed by atoms with Crippen LogP contribution in [0.4, 0.5) is 5.69 Å². The standard InChI is InChI=1S/C25H27ClN2O4S/c1-19-16-23(26)12-13-24(19)28(33(2,30)31)17-20-8-10-22(11-9-20)25(29)27-14-15-32-18-21-6-4-3-5-7-21/h3-13,16H,14-15,17-18H2,1-2H3,(H,27,29). The van der Waals surface area contributed by atoms with Crippen molar-refractivity contribution in [1.29, 1.82) is 0 Å². The number of sulfonamides is 1. The maximum absolute atomic E-state index is 12.4. The van der Waals surface area contributed by atoms with E-state index in [9.17, 15) is 13.2 Å². The van der Waals surface area contributed by atoms with E-state index in [1.807, 2.05) is 37.3 Å². The molecule has 0 aliphatic carbocycles. The Kier molecular flexibility index (Phi) is 8.49. The molecule has 1 amide bonds. The Morgan fingerprint density at radius 2 is 1.70 bits per heavy atom. The summed E-state index contributed by atoms with van der Waals surface area (Å²) in [6, 6.07) is 21.8. The Hall–Kier alpha value is -2.87. The van der Waals surface area contributed by atoms with Crippen molar-refractivity contribution in [3.8, 4) is 0 Å². The van der Waals surface area contributed by atoms with Gasteiger partial charge in [0.1, 0.15) is 0 Å². The number of amides is 1. The topological polar surface area (TPSA) is 75.7 Å². The Balaban J connectivity index is 1.56. The summed E-state index contributed by atoms with van der Waals surface area (Å²) < 4.78 is 31.8. The van der Waals surface area contributed by atoms with E-state index < -0.39 is 10.0 Å². The number of carbonyl (C=O) groups excluding carboxylic acids is 1. The molecule has 8 heteroatoms. The van der Waals surface area contributed by atoms with Gasteiger partial charge >= 0.3 is 0 Å². The van der Waals surface area contributed by atoms with Crippen LogP contribution in [-0.4, -0.2) is 33.7 Å². The minimum absolute atomic E-state index is 0.149. The molecule has 33 heavy (non-hydrogen) atoms. The molecule has 1 N–H and O–H groups in total. The normalized spacial score (nSPS) is 11.2. The van der Waals surface area contributed by atoms with E-state index in [4.69, 9.17) is 16.3 Å². The molecule has 6 nitrogen and oxygen atoms in total. The van der Waals surface area contributed by atoms with Crippen LogP contribution in [0.3, 0.4) is 0 Å². The fourth-order valence-electron chi connectivity index (χ4n) is 3.31. The summed E-state index contributed by atoms with van der Waals surface area (Å²) >= 11 is 6.01. The van der Waals surface area contributed by atoms with Crippen molar-refractivity contribution in [2.75, 3.05) is 23.7 Å². The molecular weight excluding hydrogens is 460 g/mol. The van der Waals surface area contributed by atoms with Crippen LogP contribution >= 0.6 is 11.6 Å². The molecule has 3 aromatic carbocycles. The molecule has 0 radical (unpaired) electrons. The van der Waals surface area contributed by atoms with Gasteiger partial charge < -0.3 is 10.1 Å². The molecule has 0 unspecified atom stereocenters. The van der Waals surface area contributed by atoms with Gasteiger partial charge in [0.05, 0.1) is 31.7 Å². The molecule has 3 rings (SSSR count). The van der Waals surface area contributed by atoms with Gasteiger partial charge in [-0.2, -0.15) is 0 Å². The summed E-state index contributed by atoms with van der Waals surface area (Å²) in [5, 5.41) is 3.37. The van der Waals surface area contributed by atoms with Gasteiger partial charge in [0.2, 0.25) is 10.0 Å². The zero-order chi connectivity index (χ0) is 23.8. The monoisotopic (exact) mass is 486 g/mol. The molecule has 3 aromatic rings. The lowest BCUT2D eigenvalue weighted by molar-refractivity contribution is 0.0901. The fourth-order valence-corrected chi connectivity index (χ4v) is 4.48. The zero-order valence-electron chi connectivity index (χ0n) is 18.6. The maximum Gasteiger partial charge on any atom is 0.251 e. The molecular formula is C25H27ClN2O4S. The van der Waals surface area contributed by atoms with Crippen LogP contribution in [0.15, 0.2) is 72.8 Å². The van der Waals surface area contributed by atoms with E-state index in [2.05, 4.69) is 5.32 Å². The van der Waals surface area contributed by atoms with Gasteiger partial charge in [0.15, 0.2) is 0 Å². The van der Waals surface area contributed by atoms with E-state index in [-0.39, 0.29) is 12.5 Å². The number of hydrogen-bond donors (Lipinski definition) is 1. The van der Waals surface area contributed by atoms with Crippen LogP contribution < -0.4 is 9.62 Å². The minimum Gasteiger partial charge on any atom is -0.375 e. The van der Waals surface area contributed by atoms with Crippen molar-refractivity contribution in [2.24, 2.45) is 0 Å². The second kappa shape index (κ2) is 11.3. The van der Waals surface area contributed by atoms with E-state index in [1.165, 1.54) is 10.6 Å². The molecule has 0 aromatic heterocycles. The van der Waals surface area contributed by atoms with Crippen LogP contribution in [0, 0.1) is 6.92 Å². The Morgan fingerprint density at radius 1 is 1.00 bits per heavy atom. The Labute approximate surface area is 200 Å². The highest BCUT2D eigenvalue weighted by molar-refractivity contribution is 7.92. The lowest BCUT2D eigenvalue weighted by Gasteiger charge is -2.24. The molecule has 0 bridgehead atoms. The quantitative estimate of drug-likeness (QED) is 0.426. The molecule has 0 saturated carbocycles. The largest absolute Gasteiger partial charge is 0.375 e. The summed E-state index contributed by atoms with van der Waals surface area (Å²) in [5.74, 6) is -0.210. The third kappa shape index (κ3) is 7.32. The van der Waals surface area contributed by atoms with Crippen molar-refractivity contribution in [3.05, 3.63) is 100 Å². The molecule has 0 saturated heterocycles. The Bertz CT molecular complexity index is 1180. The number of nitrogens with zero attached hydrogens (tertiary/aromatic N) is 1. The fraction of sp³-hybridized carbons (Fsp3) is 0.240. The molecule has 0 heterocycles. The minimum atomic E-state index is -3.52. The number of ether oxygens (including phenoxy) is 1. The van der Waals surface area contributed by atoms with Crippen molar-refractivity contribution < 1.29 is 17.9 Å². The number of benzene rings is 3. The average Bonchev–Trinajstić information content (AvgIpc) is 2.78. The summed E-state index contributed by atoms with van der Waals surface area (Å²) in [6.45, 7) is 3.26. The second-order valence-corrected chi connectivity index (χ2v) is 10.0. The van der Waals surface area contributed by atoms with Gasteiger partial charge in [-0.15, -0.1) is 0 Å². The van der Waals surface area contributed by atoms with Gasteiger partial charge in [-0.1, -0.05) is 54.1 Å². The number of anilines is 1. The van der Waals surface area contributed by atoms with Gasteiger partial charge in [-0.25, -0.2) is 8.42 Å². The van der Waals surface area contributed by atoms with Gasteiger partial charge in [-0.3, -0.25) is 9.10 Å². The highest BCUT2D eigenvalue weighted by atomic mass is 35.5. The van der Waals surface area contributed by atoms with E-state index in [0.29, 0.717) is 36.0 Å². The maximum atomic E-state index is 12.4. The SMILES string of the molecule is Cc1cc(Cl)ccc1N(Cc1ccc(C(=O)NCCOCc2ccccc2)cc1)S(C)(=O)=O. The smallest absolute Gasteiger partial charge is 0.251 e. The van der Waals surface area contributed by atoms with Crippen LogP contribution in [0.2, 0.25) is 5.02 Å². The first-order valence-electron chi connectivity index (χ1n) is 10.5. The number of hydrogen-bond acceptors (Lipinski definition) is 4. The van der Waals surface area contributed by atoms with Crippen LogP contribution in [0.1, 0.15) is 27.0 Å². The van der Waals surface area contributed by atoms with Gasteiger partial charge in [-0.05, 0) is 53.9 Å². The van der Waals surface area contributed by atoms with E-state index in [1.54, 1.807) is 42.5 Å². The first kappa shape index (κ1) is 24.8. The number of nitrogens with one attached hydrogen (secondary N) is 1. The number of carbonyl (C=O) groups is 1. The van der Waals surface area contributed by atoms with E-state index in [0.717, 1.165) is 16.7 Å². The summed E-state index contributed by atoms with van der Waals surface area (Å²) in [4.78, 5) is 12.4. The van der Waals surface area contributed by atoms with Crippen LogP contribution in [0.5, 0.6) is 0 Å². The van der Waals surface area contributed by atoms with Crippen LogP contribution in [-0.2, 0) is 27.9 Å². The lowest BCUT2D eigenvalue weighted by atomic mass is 10.1. The first-order valence-corrected chi connectivity index (χ1v) is 12.7. The average molecular weight is 487 g/mol. The summed E-state index contributed by atoms with van der Waals surface area (Å²) in [6.07, 6.45) is 1.17. The van der Waals surface area contributed by atoms with Crippen molar-refractivity contribution in [3.63, 3.8) is 0 Å². The number of aryl methyl sites for hydroxylation is 1. The first-order chi connectivity index (χ1) is 15.7. The Morgan fingerprint density at radius 3 is 2.33 bits per heavy atom. The van der Waals surface area contributed by atoms with Crippen molar-refractivity contribution in [1.82, 2.24) is 5.32 Å². The predicted molar refractivity (Wildman–Crippen MR) is 132 cm³/mol. The zero-order valence-corrected chi connectivity index (χ0v) is 20.2. The third-order valence-corrected chi connectivity index (χ3v) is 6.38. The number of rotatable bonds is 10. The lowest BCUT2D eigenvalue weighted by Crippen LogP contribution is -2.30. The molecule has 0 aliphatic rings. The van der Waals surface area contributed by atoms with Crippen molar-refractivity contribution >= 4 is 33.2 Å². The van der Waals surface area contributed by atoms with E-state index >= 15 is 0 Å². The summed E-state index contributed by atoms with van der Waals surface area (Å²) in [7, 11) is -3.52. The molecule has 0 spiro atoms. The third-order valence-electron chi connectivity index (χ3n) is 5.01. The highest BCUT2D eigenvalue weighted by Crippen LogP contribution is 2.27. The molecule has 174 valence electrons. The summed E-state index contributed by atoms with van der Waals surface area (Å²) in [5.41, 5.74) is 3.67. The predicted octanol–water partition coefficient (Wildman–Crippen LogP) is 4.56. The van der Waals surface area contributed by atoms with Gasteiger partial charge in [0.25, 0.3) is 5.91 Å². The number of halogens is 1. The van der Waals surface area contributed by atoms with Gasteiger partial charge in [0, 0.05) is 17.1 Å². The van der Waals surface area contributed by atoms with Crippen LogP contribution in [0.25, 0.3) is 0 Å². The molecule has 0 aliphatic heterocycles. The second-order valence-electron chi connectivity index (χ2n) is 7.69.